The summed E-state index contributed by atoms with van der Waals surface area (Å²) in [6.45, 7) is 1.95. The molecule has 0 radical (unpaired) electrons. The molecule has 0 saturated heterocycles. The zero-order valence-electron chi connectivity index (χ0n) is 11.9. The van der Waals surface area contributed by atoms with Crippen LogP contribution in [0.3, 0.4) is 0 Å². The summed E-state index contributed by atoms with van der Waals surface area (Å²) in [5, 5.41) is 13.4. The van der Waals surface area contributed by atoms with Gasteiger partial charge in [-0.25, -0.2) is 0 Å². The molecule has 0 aromatic heterocycles. The van der Waals surface area contributed by atoms with Gasteiger partial charge in [0, 0.05) is 6.54 Å². The van der Waals surface area contributed by atoms with Crippen LogP contribution < -0.4 is 10.1 Å². The van der Waals surface area contributed by atoms with E-state index in [1.54, 1.807) is 7.11 Å². The van der Waals surface area contributed by atoms with Crippen molar-refractivity contribution in [3.8, 4) is 11.5 Å². The summed E-state index contributed by atoms with van der Waals surface area (Å²) in [4.78, 5) is 0. The van der Waals surface area contributed by atoms with Gasteiger partial charge in [-0.05, 0) is 83.6 Å². The molecule has 2 saturated carbocycles. The van der Waals surface area contributed by atoms with Crippen molar-refractivity contribution in [1.29, 1.82) is 0 Å². The maximum Gasteiger partial charge on any atom is 0.172 e. The topological polar surface area (TPSA) is 41.5 Å². The first-order valence-corrected chi connectivity index (χ1v) is 8.24. The fourth-order valence-electron chi connectivity index (χ4n) is 3.04. The van der Waals surface area contributed by atoms with E-state index in [0.717, 1.165) is 36.4 Å². The normalized spacial score (nSPS) is 18.6. The molecular formula is C16H22BrNO2. The third-order valence-electron chi connectivity index (χ3n) is 4.47. The van der Waals surface area contributed by atoms with Crippen molar-refractivity contribution in [3.63, 3.8) is 0 Å². The smallest absolute Gasteiger partial charge is 0.172 e. The van der Waals surface area contributed by atoms with Crippen LogP contribution in [0.15, 0.2) is 16.6 Å². The van der Waals surface area contributed by atoms with Gasteiger partial charge in [0.1, 0.15) is 0 Å². The van der Waals surface area contributed by atoms with Crippen LogP contribution in [0.25, 0.3) is 0 Å². The summed E-state index contributed by atoms with van der Waals surface area (Å²) >= 11 is 3.37. The second kappa shape index (κ2) is 5.94. The molecule has 1 aromatic carbocycles. The van der Waals surface area contributed by atoms with Crippen molar-refractivity contribution in [2.75, 3.05) is 13.7 Å². The maximum atomic E-state index is 9.81. The molecular weight excluding hydrogens is 318 g/mol. The molecule has 0 bridgehead atoms. The molecule has 0 unspecified atom stereocenters. The van der Waals surface area contributed by atoms with Crippen molar-refractivity contribution in [3.05, 3.63) is 22.2 Å². The Kier molecular flexibility index (Phi) is 4.22. The average Bonchev–Trinajstić information content (AvgIpc) is 3.30. The lowest BCUT2D eigenvalue weighted by molar-refractivity contribution is 0.368. The van der Waals surface area contributed by atoms with Crippen LogP contribution in [0, 0.1) is 17.8 Å². The minimum atomic E-state index is 0.171. The Balaban J connectivity index is 1.56. The molecule has 0 aliphatic heterocycles. The number of hydrogen-bond acceptors (Lipinski definition) is 3. The molecule has 0 heterocycles. The number of ether oxygens (including phenoxy) is 1. The van der Waals surface area contributed by atoms with Gasteiger partial charge in [0.2, 0.25) is 0 Å². The molecule has 0 spiro atoms. The summed E-state index contributed by atoms with van der Waals surface area (Å²) in [5.74, 6) is 3.55. The first kappa shape index (κ1) is 14.2. The maximum absolute atomic E-state index is 9.81. The quantitative estimate of drug-likeness (QED) is 0.795. The van der Waals surface area contributed by atoms with E-state index in [0.29, 0.717) is 10.2 Å². The first-order valence-electron chi connectivity index (χ1n) is 7.45. The number of phenols is 1. The average molecular weight is 340 g/mol. The van der Waals surface area contributed by atoms with E-state index < -0.39 is 0 Å². The van der Waals surface area contributed by atoms with Crippen LogP contribution in [-0.4, -0.2) is 18.8 Å². The molecule has 2 fully saturated rings. The summed E-state index contributed by atoms with van der Waals surface area (Å²) in [5.41, 5.74) is 1.14. The van der Waals surface area contributed by atoms with Gasteiger partial charge < -0.3 is 15.2 Å². The highest BCUT2D eigenvalue weighted by molar-refractivity contribution is 9.10. The van der Waals surface area contributed by atoms with Crippen LogP contribution >= 0.6 is 15.9 Å². The molecule has 2 N–H and O–H groups in total. The molecule has 0 atom stereocenters. The first-order chi connectivity index (χ1) is 9.69. The van der Waals surface area contributed by atoms with Crippen molar-refractivity contribution in [2.24, 2.45) is 17.8 Å². The number of benzene rings is 1. The lowest BCUT2D eigenvalue weighted by Crippen LogP contribution is -2.25. The second-order valence-corrected chi connectivity index (χ2v) is 6.95. The Hall–Kier alpha value is -0.740. The van der Waals surface area contributed by atoms with Gasteiger partial charge in [-0.15, -0.1) is 0 Å². The fraction of sp³-hybridized carbons (Fsp3) is 0.625. The zero-order valence-corrected chi connectivity index (χ0v) is 13.4. The number of aromatic hydroxyl groups is 1. The summed E-state index contributed by atoms with van der Waals surface area (Å²) in [6, 6.07) is 3.85. The largest absolute Gasteiger partial charge is 0.503 e. The highest BCUT2D eigenvalue weighted by Crippen LogP contribution is 2.48. The van der Waals surface area contributed by atoms with Gasteiger partial charge in [0.05, 0.1) is 11.6 Å². The number of phenolic OH excluding ortho intramolecular Hbond substituents is 1. The minimum absolute atomic E-state index is 0.171. The monoisotopic (exact) mass is 339 g/mol. The molecule has 0 amide bonds. The lowest BCUT2D eigenvalue weighted by atomic mass is 9.98. The number of nitrogens with one attached hydrogen (secondary N) is 1. The van der Waals surface area contributed by atoms with Gasteiger partial charge >= 0.3 is 0 Å². The molecule has 1 aromatic rings. The van der Waals surface area contributed by atoms with Gasteiger partial charge in [-0.1, -0.05) is 0 Å². The van der Waals surface area contributed by atoms with E-state index in [1.807, 2.05) is 12.1 Å². The Bertz CT molecular complexity index is 472. The van der Waals surface area contributed by atoms with Gasteiger partial charge in [-0.3, -0.25) is 0 Å². The SMILES string of the molecule is COc1cc(CNCC(C2CC2)C2CC2)cc(Br)c1O. The van der Waals surface area contributed by atoms with Crippen LogP contribution in [0.5, 0.6) is 11.5 Å². The highest BCUT2D eigenvalue weighted by atomic mass is 79.9. The van der Waals surface area contributed by atoms with Crippen molar-refractivity contribution in [1.82, 2.24) is 5.32 Å². The summed E-state index contributed by atoms with van der Waals surface area (Å²) in [7, 11) is 1.58. The highest BCUT2D eigenvalue weighted by Gasteiger charge is 2.40. The number of halogens is 1. The molecule has 3 rings (SSSR count). The second-order valence-electron chi connectivity index (χ2n) is 6.10. The molecule has 110 valence electrons. The standard InChI is InChI=1S/C16H22BrNO2/c1-20-15-7-10(6-14(17)16(15)19)8-18-9-13(11-2-3-11)12-4-5-12/h6-7,11-13,18-19H,2-5,8-9H2,1H3. The van der Waals surface area contributed by atoms with Crippen molar-refractivity contribution >= 4 is 15.9 Å². The van der Waals surface area contributed by atoms with Gasteiger partial charge in [0.15, 0.2) is 11.5 Å². The molecule has 2 aliphatic rings. The van der Waals surface area contributed by atoms with Crippen molar-refractivity contribution < 1.29 is 9.84 Å². The Morgan fingerprint density at radius 3 is 2.50 bits per heavy atom. The molecule has 4 heteroatoms. The molecule has 2 aliphatic carbocycles. The van der Waals surface area contributed by atoms with Crippen LogP contribution in [0.1, 0.15) is 31.2 Å². The predicted molar refractivity (Wildman–Crippen MR) is 83.0 cm³/mol. The third-order valence-corrected chi connectivity index (χ3v) is 5.08. The molecule has 20 heavy (non-hydrogen) atoms. The van der Waals surface area contributed by atoms with Crippen LogP contribution in [0.4, 0.5) is 0 Å². The van der Waals surface area contributed by atoms with Crippen molar-refractivity contribution in [2.45, 2.75) is 32.2 Å². The third kappa shape index (κ3) is 3.29. The number of rotatable bonds is 7. The van der Waals surface area contributed by atoms with E-state index in [9.17, 15) is 5.11 Å². The molecule has 3 nitrogen and oxygen atoms in total. The van der Waals surface area contributed by atoms with Crippen LogP contribution in [-0.2, 0) is 6.54 Å². The minimum Gasteiger partial charge on any atom is -0.503 e. The number of hydrogen-bond donors (Lipinski definition) is 2. The van der Waals surface area contributed by atoms with E-state index >= 15 is 0 Å². The predicted octanol–water partition coefficient (Wildman–Crippen LogP) is 3.69. The number of methoxy groups -OCH3 is 1. The van der Waals surface area contributed by atoms with E-state index in [-0.39, 0.29) is 5.75 Å². The van der Waals surface area contributed by atoms with Crippen LogP contribution in [0.2, 0.25) is 0 Å². The van der Waals surface area contributed by atoms with E-state index in [2.05, 4.69) is 21.2 Å². The van der Waals surface area contributed by atoms with E-state index in [1.165, 1.54) is 25.7 Å². The van der Waals surface area contributed by atoms with Gasteiger partial charge in [-0.2, -0.15) is 0 Å². The lowest BCUT2D eigenvalue weighted by Gasteiger charge is -2.16. The Morgan fingerprint density at radius 2 is 1.95 bits per heavy atom. The fourth-order valence-corrected chi connectivity index (χ4v) is 3.52. The Morgan fingerprint density at radius 1 is 1.30 bits per heavy atom. The zero-order chi connectivity index (χ0) is 14.1. The van der Waals surface area contributed by atoms with Gasteiger partial charge in [0.25, 0.3) is 0 Å². The summed E-state index contributed by atoms with van der Waals surface area (Å²) < 4.78 is 5.87. The summed E-state index contributed by atoms with van der Waals surface area (Å²) in [6.07, 6.45) is 5.73. The Labute approximate surface area is 128 Å². The van der Waals surface area contributed by atoms with E-state index in [4.69, 9.17) is 4.74 Å².